The fourth-order valence-corrected chi connectivity index (χ4v) is 2.36. The van der Waals surface area contributed by atoms with Gasteiger partial charge in [-0.1, -0.05) is 26.7 Å². The molecule has 3 heteroatoms. The molecule has 0 aromatic heterocycles. The third-order valence-corrected chi connectivity index (χ3v) is 3.10. The number of alkyl halides is 3. The highest BCUT2D eigenvalue weighted by atomic mass is 19.4. The third-order valence-electron chi connectivity index (χ3n) is 3.10. The minimum absolute atomic E-state index is 0.145. The zero-order valence-corrected chi connectivity index (χ0v) is 8.19. The van der Waals surface area contributed by atoms with Gasteiger partial charge in [0, 0.05) is 0 Å². The second kappa shape index (κ2) is 3.89. The van der Waals surface area contributed by atoms with Crippen LogP contribution in [-0.2, 0) is 0 Å². The maximum absolute atomic E-state index is 12.6. The third kappa shape index (κ3) is 2.61. The van der Waals surface area contributed by atoms with Crippen LogP contribution in [0.1, 0.15) is 39.5 Å². The topological polar surface area (TPSA) is 0 Å². The summed E-state index contributed by atoms with van der Waals surface area (Å²) >= 11 is 0. The van der Waals surface area contributed by atoms with Crippen molar-refractivity contribution in [2.45, 2.75) is 45.7 Å². The van der Waals surface area contributed by atoms with Crippen molar-refractivity contribution in [3.05, 3.63) is 0 Å². The Hall–Kier alpha value is -0.210. The van der Waals surface area contributed by atoms with Gasteiger partial charge in [0.15, 0.2) is 0 Å². The first-order valence-electron chi connectivity index (χ1n) is 4.99. The predicted octanol–water partition coefficient (Wildman–Crippen LogP) is 4.01. The van der Waals surface area contributed by atoms with Crippen LogP contribution in [0.15, 0.2) is 0 Å². The molecule has 0 bridgehead atoms. The van der Waals surface area contributed by atoms with E-state index in [9.17, 15) is 13.2 Å². The molecule has 0 heterocycles. The summed E-state index contributed by atoms with van der Waals surface area (Å²) in [5.74, 6) is -1.03. The maximum atomic E-state index is 12.6. The second-order valence-corrected chi connectivity index (χ2v) is 4.34. The lowest BCUT2D eigenvalue weighted by Gasteiger charge is -2.35. The van der Waals surface area contributed by atoms with Crippen LogP contribution in [0.25, 0.3) is 0 Å². The fourth-order valence-electron chi connectivity index (χ4n) is 2.36. The lowest BCUT2D eigenvalue weighted by Crippen LogP contribution is -2.35. The molecular weight excluding hydrogens is 177 g/mol. The molecule has 0 aliphatic heterocycles. The molecule has 0 aromatic carbocycles. The van der Waals surface area contributed by atoms with Gasteiger partial charge in [-0.15, -0.1) is 0 Å². The van der Waals surface area contributed by atoms with E-state index in [1.165, 1.54) is 0 Å². The highest BCUT2D eigenvalue weighted by molar-refractivity contribution is 4.82. The monoisotopic (exact) mass is 194 g/mol. The fraction of sp³-hybridized carbons (Fsp3) is 1.00. The van der Waals surface area contributed by atoms with Crippen molar-refractivity contribution in [2.24, 2.45) is 17.8 Å². The standard InChI is InChI=1S/C10H17F3/c1-7(2)8-5-3-4-6-9(8)10(11,12)13/h7-9H,3-6H2,1-2H3/t8-,9-/m1/s1. The van der Waals surface area contributed by atoms with Crippen LogP contribution in [0.2, 0.25) is 0 Å². The van der Waals surface area contributed by atoms with Crippen molar-refractivity contribution in [2.75, 3.05) is 0 Å². The van der Waals surface area contributed by atoms with E-state index in [4.69, 9.17) is 0 Å². The molecular formula is C10H17F3. The first-order valence-corrected chi connectivity index (χ1v) is 4.99. The summed E-state index contributed by atoms with van der Waals surface area (Å²) in [6, 6.07) is 0. The van der Waals surface area contributed by atoms with E-state index >= 15 is 0 Å². The van der Waals surface area contributed by atoms with Crippen molar-refractivity contribution in [1.29, 1.82) is 0 Å². The van der Waals surface area contributed by atoms with Gasteiger partial charge in [-0.25, -0.2) is 0 Å². The molecule has 1 fully saturated rings. The van der Waals surface area contributed by atoms with Crippen LogP contribution in [0.4, 0.5) is 13.2 Å². The Morgan fingerprint density at radius 3 is 2.00 bits per heavy atom. The largest absolute Gasteiger partial charge is 0.392 e. The average molecular weight is 194 g/mol. The van der Waals surface area contributed by atoms with E-state index in [-0.39, 0.29) is 11.8 Å². The predicted molar refractivity (Wildman–Crippen MR) is 46.3 cm³/mol. The molecule has 1 rings (SSSR count). The molecule has 0 N–H and O–H groups in total. The Morgan fingerprint density at radius 1 is 1.08 bits per heavy atom. The summed E-state index contributed by atoms with van der Waals surface area (Å²) in [5.41, 5.74) is 0. The van der Waals surface area contributed by atoms with Crippen molar-refractivity contribution < 1.29 is 13.2 Å². The van der Waals surface area contributed by atoms with Gasteiger partial charge in [-0.3, -0.25) is 0 Å². The molecule has 78 valence electrons. The smallest absolute Gasteiger partial charge is 0.171 e. The molecule has 1 aliphatic rings. The van der Waals surface area contributed by atoms with Gasteiger partial charge in [0.05, 0.1) is 5.92 Å². The van der Waals surface area contributed by atoms with Crippen LogP contribution in [0.5, 0.6) is 0 Å². The molecule has 13 heavy (non-hydrogen) atoms. The van der Waals surface area contributed by atoms with Crippen molar-refractivity contribution in [3.63, 3.8) is 0 Å². The van der Waals surface area contributed by atoms with Crippen molar-refractivity contribution in [3.8, 4) is 0 Å². The molecule has 0 spiro atoms. The highest BCUT2D eigenvalue weighted by Gasteiger charge is 2.45. The molecule has 0 unspecified atom stereocenters. The van der Waals surface area contributed by atoms with Crippen molar-refractivity contribution in [1.82, 2.24) is 0 Å². The number of halogens is 3. The minimum atomic E-state index is -3.98. The van der Waals surface area contributed by atoms with Gasteiger partial charge >= 0.3 is 6.18 Å². The molecule has 2 atom stereocenters. The quantitative estimate of drug-likeness (QED) is 0.591. The van der Waals surface area contributed by atoms with Crippen LogP contribution in [0.3, 0.4) is 0 Å². The number of rotatable bonds is 1. The molecule has 0 saturated heterocycles. The Balaban J connectivity index is 2.67. The molecule has 1 saturated carbocycles. The average Bonchev–Trinajstić information content (AvgIpc) is 2.03. The maximum Gasteiger partial charge on any atom is 0.392 e. The molecule has 0 aromatic rings. The van der Waals surface area contributed by atoms with Gasteiger partial charge < -0.3 is 0 Å². The summed E-state index contributed by atoms with van der Waals surface area (Å²) in [4.78, 5) is 0. The van der Waals surface area contributed by atoms with Gasteiger partial charge in [-0.2, -0.15) is 13.2 Å². The van der Waals surface area contributed by atoms with E-state index in [1.54, 1.807) is 0 Å². The van der Waals surface area contributed by atoms with Gasteiger partial charge in [0.25, 0.3) is 0 Å². The zero-order valence-electron chi connectivity index (χ0n) is 8.19. The molecule has 0 nitrogen and oxygen atoms in total. The lowest BCUT2D eigenvalue weighted by molar-refractivity contribution is -0.200. The summed E-state index contributed by atoms with van der Waals surface area (Å²) in [6.45, 7) is 3.80. The van der Waals surface area contributed by atoms with Crippen LogP contribution in [0, 0.1) is 17.8 Å². The molecule has 0 radical (unpaired) electrons. The second-order valence-electron chi connectivity index (χ2n) is 4.34. The zero-order chi connectivity index (χ0) is 10.1. The first-order chi connectivity index (χ1) is 5.93. The summed E-state index contributed by atoms with van der Waals surface area (Å²) in [5, 5.41) is 0. The van der Waals surface area contributed by atoms with E-state index in [0.717, 1.165) is 19.3 Å². The van der Waals surface area contributed by atoms with Gasteiger partial charge in [0.1, 0.15) is 0 Å². The van der Waals surface area contributed by atoms with Crippen LogP contribution in [-0.4, -0.2) is 6.18 Å². The molecule has 1 aliphatic carbocycles. The SMILES string of the molecule is CC(C)[C@H]1CCCC[C@H]1C(F)(F)F. The molecule has 0 amide bonds. The van der Waals surface area contributed by atoms with E-state index in [1.807, 2.05) is 13.8 Å². The summed E-state index contributed by atoms with van der Waals surface area (Å²) in [7, 11) is 0. The Bertz CT molecular complexity index is 160. The normalized spacial score (nSPS) is 30.9. The Labute approximate surface area is 77.5 Å². The van der Waals surface area contributed by atoms with E-state index < -0.39 is 12.1 Å². The van der Waals surface area contributed by atoms with Gasteiger partial charge in [0.2, 0.25) is 0 Å². The van der Waals surface area contributed by atoms with E-state index in [0.29, 0.717) is 6.42 Å². The first kappa shape index (κ1) is 10.9. The Morgan fingerprint density at radius 2 is 1.62 bits per heavy atom. The number of hydrogen-bond donors (Lipinski definition) is 0. The summed E-state index contributed by atoms with van der Waals surface area (Å²) < 4.78 is 37.7. The van der Waals surface area contributed by atoms with Gasteiger partial charge in [-0.05, 0) is 24.7 Å². The summed E-state index contributed by atoms with van der Waals surface area (Å²) in [6.07, 6.45) is -1.17. The van der Waals surface area contributed by atoms with Crippen molar-refractivity contribution >= 4 is 0 Å². The lowest BCUT2D eigenvalue weighted by atomic mass is 9.73. The Kier molecular flexibility index (Phi) is 3.25. The van der Waals surface area contributed by atoms with Crippen LogP contribution >= 0.6 is 0 Å². The van der Waals surface area contributed by atoms with E-state index in [2.05, 4.69) is 0 Å². The number of hydrogen-bond acceptors (Lipinski definition) is 0. The highest BCUT2D eigenvalue weighted by Crippen LogP contribution is 2.44. The minimum Gasteiger partial charge on any atom is -0.171 e. The van der Waals surface area contributed by atoms with Crippen LogP contribution < -0.4 is 0 Å².